The van der Waals surface area contributed by atoms with Gasteiger partial charge in [0.05, 0.1) is 18.7 Å². The fourth-order valence-electron chi connectivity index (χ4n) is 4.66. The van der Waals surface area contributed by atoms with E-state index in [0.717, 1.165) is 17.4 Å². The number of carboxylic acid groups (broad SMARTS) is 1. The summed E-state index contributed by atoms with van der Waals surface area (Å²) in [6.07, 6.45) is 1.55. The molecule has 1 fully saturated rings. The predicted octanol–water partition coefficient (Wildman–Crippen LogP) is 4.47. The molecule has 1 amide bonds. The minimum Gasteiger partial charge on any atom is -0.481 e. The standard InChI is InChI=1S/C24H28Cl2N2O5S/c1-3-20(14-27-34(2,32)33)28-23(15-7-9-18(25)10-8-15)21(16-5-4-6-19(26)11-16)12-17(24(28)31)13-22(29)30/h4-11,17,20-21,23,27H,3,12-14H2,1-2H3,(H,29,30)/t17-,20+,21?,23-/m1/s1. The van der Waals surface area contributed by atoms with E-state index in [2.05, 4.69) is 4.72 Å². The molecule has 1 aliphatic rings. The highest BCUT2D eigenvalue weighted by Gasteiger charge is 2.46. The van der Waals surface area contributed by atoms with Gasteiger partial charge >= 0.3 is 5.97 Å². The van der Waals surface area contributed by atoms with Gasteiger partial charge in [-0.25, -0.2) is 13.1 Å². The fraction of sp³-hybridized carbons (Fsp3) is 0.417. The van der Waals surface area contributed by atoms with Crippen molar-refractivity contribution in [2.45, 2.75) is 44.2 Å². The number of carbonyl (C=O) groups excluding carboxylic acids is 1. The molecule has 3 rings (SSSR count). The van der Waals surface area contributed by atoms with E-state index in [1.165, 1.54) is 0 Å². The number of likely N-dealkylation sites (tertiary alicyclic amines) is 1. The van der Waals surface area contributed by atoms with Crippen molar-refractivity contribution in [3.63, 3.8) is 0 Å². The number of rotatable bonds is 9. The number of carbonyl (C=O) groups is 2. The normalized spacial score (nSPS) is 21.9. The third-order valence-corrected chi connectivity index (χ3v) is 7.36. The van der Waals surface area contributed by atoms with Crippen LogP contribution in [0, 0.1) is 5.92 Å². The molecule has 7 nitrogen and oxygen atoms in total. The molecule has 4 atom stereocenters. The van der Waals surface area contributed by atoms with Gasteiger partial charge in [-0.3, -0.25) is 9.59 Å². The number of piperidine rings is 1. The third-order valence-electron chi connectivity index (χ3n) is 6.18. The number of amides is 1. The first-order valence-corrected chi connectivity index (χ1v) is 13.6. The van der Waals surface area contributed by atoms with Crippen LogP contribution in [0.5, 0.6) is 0 Å². The van der Waals surface area contributed by atoms with Gasteiger partial charge in [0.25, 0.3) is 0 Å². The van der Waals surface area contributed by atoms with Gasteiger partial charge in [-0.2, -0.15) is 0 Å². The van der Waals surface area contributed by atoms with E-state index in [-0.39, 0.29) is 24.8 Å². The monoisotopic (exact) mass is 526 g/mol. The van der Waals surface area contributed by atoms with E-state index in [0.29, 0.717) is 22.9 Å². The Bertz CT molecular complexity index is 1140. The molecule has 10 heteroatoms. The van der Waals surface area contributed by atoms with Crippen molar-refractivity contribution in [3.8, 4) is 0 Å². The molecule has 184 valence electrons. The van der Waals surface area contributed by atoms with Gasteiger partial charge in [0.1, 0.15) is 0 Å². The maximum Gasteiger partial charge on any atom is 0.304 e. The smallest absolute Gasteiger partial charge is 0.304 e. The SMILES string of the molecule is CC[C@@H](CNS(C)(=O)=O)N1C(=O)[C@@H](CC(=O)O)CC(c2cccc(Cl)c2)[C@H]1c1ccc(Cl)cc1. The Balaban J connectivity index is 2.16. The van der Waals surface area contributed by atoms with Crippen LogP contribution in [0.15, 0.2) is 48.5 Å². The molecule has 0 bridgehead atoms. The summed E-state index contributed by atoms with van der Waals surface area (Å²) in [4.78, 5) is 27.0. The van der Waals surface area contributed by atoms with Crippen molar-refractivity contribution < 1.29 is 23.1 Å². The van der Waals surface area contributed by atoms with Gasteiger partial charge in [0.2, 0.25) is 15.9 Å². The number of aliphatic carboxylic acids is 1. The summed E-state index contributed by atoms with van der Waals surface area (Å²) in [7, 11) is -3.49. The van der Waals surface area contributed by atoms with Crippen LogP contribution in [0.25, 0.3) is 0 Å². The molecule has 0 spiro atoms. The lowest BCUT2D eigenvalue weighted by Gasteiger charge is -2.48. The van der Waals surface area contributed by atoms with Crippen LogP contribution in [0.2, 0.25) is 10.0 Å². The van der Waals surface area contributed by atoms with Crippen molar-refractivity contribution in [1.82, 2.24) is 9.62 Å². The molecule has 1 unspecified atom stereocenters. The van der Waals surface area contributed by atoms with Crippen LogP contribution in [-0.2, 0) is 19.6 Å². The summed E-state index contributed by atoms with van der Waals surface area (Å²) in [6.45, 7) is 1.89. The van der Waals surface area contributed by atoms with Gasteiger partial charge in [-0.15, -0.1) is 0 Å². The van der Waals surface area contributed by atoms with Crippen molar-refractivity contribution in [2.24, 2.45) is 5.92 Å². The van der Waals surface area contributed by atoms with Crippen LogP contribution in [0.3, 0.4) is 0 Å². The average molecular weight is 527 g/mol. The van der Waals surface area contributed by atoms with Gasteiger partial charge < -0.3 is 10.0 Å². The lowest BCUT2D eigenvalue weighted by molar-refractivity contribution is -0.152. The summed E-state index contributed by atoms with van der Waals surface area (Å²) in [6, 6.07) is 13.6. The molecule has 1 aliphatic heterocycles. The number of hydrogen-bond acceptors (Lipinski definition) is 4. The van der Waals surface area contributed by atoms with Crippen molar-refractivity contribution in [1.29, 1.82) is 0 Å². The molecule has 0 saturated carbocycles. The Morgan fingerprint density at radius 2 is 1.82 bits per heavy atom. The topological polar surface area (TPSA) is 104 Å². The van der Waals surface area contributed by atoms with Crippen molar-refractivity contribution in [2.75, 3.05) is 12.8 Å². The summed E-state index contributed by atoms with van der Waals surface area (Å²) in [5, 5.41) is 10.6. The Kier molecular flexibility index (Phi) is 8.62. The van der Waals surface area contributed by atoms with E-state index in [1.807, 2.05) is 37.3 Å². The summed E-state index contributed by atoms with van der Waals surface area (Å²) >= 11 is 12.4. The largest absolute Gasteiger partial charge is 0.481 e. The molecule has 1 saturated heterocycles. The maximum absolute atomic E-state index is 13.7. The van der Waals surface area contributed by atoms with E-state index in [1.54, 1.807) is 23.1 Å². The Labute approximate surface area is 210 Å². The van der Waals surface area contributed by atoms with Crippen LogP contribution in [0.4, 0.5) is 0 Å². The zero-order chi connectivity index (χ0) is 25.0. The first-order chi connectivity index (χ1) is 16.0. The Morgan fingerprint density at radius 1 is 1.15 bits per heavy atom. The third kappa shape index (κ3) is 6.50. The minimum atomic E-state index is -3.49. The lowest BCUT2D eigenvalue weighted by atomic mass is 9.74. The number of carboxylic acids is 1. The van der Waals surface area contributed by atoms with Crippen LogP contribution in [-0.4, -0.2) is 49.1 Å². The van der Waals surface area contributed by atoms with Crippen LogP contribution < -0.4 is 4.72 Å². The quantitative estimate of drug-likeness (QED) is 0.501. The number of halogens is 2. The van der Waals surface area contributed by atoms with Crippen molar-refractivity contribution in [3.05, 3.63) is 69.7 Å². The molecule has 1 heterocycles. The Hall–Kier alpha value is -2.13. The fourth-order valence-corrected chi connectivity index (χ4v) is 5.48. The molecule has 2 N–H and O–H groups in total. The summed E-state index contributed by atoms with van der Waals surface area (Å²) < 4.78 is 26.1. The Morgan fingerprint density at radius 3 is 2.38 bits per heavy atom. The van der Waals surface area contributed by atoms with Crippen LogP contribution >= 0.6 is 23.2 Å². The molecule has 0 radical (unpaired) electrons. The van der Waals surface area contributed by atoms with E-state index in [9.17, 15) is 23.1 Å². The first kappa shape index (κ1) is 26.5. The first-order valence-electron chi connectivity index (χ1n) is 11.0. The minimum absolute atomic E-state index is 0.0211. The molecular formula is C24H28Cl2N2O5S. The molecule has 2 aromatic rings. The average Bonchev–Trinajstić information content (AvgIpc) is 2.76. The molecular weight excluding hydrogens is 499 g/mol. The summed E-state index contributed by atoms with van der Waals surface area (Å²) in [5.41, 5.74) is 1.71. The number of hydrogen-bond donors (Lipinski definition) is 2. The molecule has 34 heavy (non-hydrogen) atoms. The van der Waals surface area contributed by atoms with E-state index >= 15 is 0 Å². The second kappa shape index (κ2) is 11.1. The summed E-state index contributed by atoms with van der Waals surface area (Å²) in [5.74, 6) is -2.37. The number of nitrogens with zero attached hydrogens (tertiary/aromatic N) is 1. The van der Waals surface area contributed by atoms with Gasteiger partial charge in [0.15, 0.2) is 0 Å². The second-order valence-corrected chi connectivity index (χ2v) is 11.3. The number of nitrogens with one attached hydrogen (secondary N) is 1. The lowest BCUT2D eigenvalue weighted by Crippen LogP contribution is -2.54. The van der Waals surface area contributed by atoms with E-state index < -0.39 is 34.0 Å². The highest BCUT2D eigenvalue weighted by atomic mass is 35.5. The molecule has 0 aromatic heterocycles. The van der Waals surface area contributed by atoms with Gasteiger partial charge in [-0.1, -0.05) is 54.4 Å². The molecule has 0 aliphatic carbocycles. The molecule has 2 aromatic carbocycles. The number of benzene rings is 2. The van der Waals surface area contributed by atoms with Crippen LogP contribution in [0.1, 0.15) is 49.3 Å². The van der Waals surface area contributed by atoms with Gasteiger partial charge in [-0.05, 0) is 48.2 Å². The second-order valence-electron chi connectivity index (χ2n) is 8.62. The van der Waals surface area contributed by atoms with Crippen molar-refractivity contribution >= 4 is 45.1 Å². The zero-order valence-corrected chi connectivity index (χ0v) is 21.3. The number of sulfonamides is 1. The van der Waals surface area contributed by atoms with E-state index in [4.69, 9.17) is 23.2 Å². The highest BCUT2D eigenvalue weighted by Crippen LogP contribution is 2.47. The highest BCUT2D eigenvalue weighted by molar-refractivity contribution is 7.88. The zero-order valence-electron chi connectivity index (χ0n) is 18.9. The maximum atomic E-state index is 13.7. The van der Waals surface area contributed by atoms with Gasteiger partial charge in [0, 0.05) is 34.5 Å². The predicted molar refractivity (Wildman–Crippen MR) is 133 cm³/mol.